The van der Waals surface area contributed by atoms with Crippen molar-refractivity contribution in [1.82, 2.24) is 0 Å². The van der Waals surface area contributed by atoms with E-state index < -0.39 is 21.2 Å². The molecule has 0 aliphatic heterocycles. The van der Waals surface area contributed by atoms with Crippen LogP contribution in [-0.4, -0.2) is 22.3 Å². The first kappa shape index (κ1) is 22.4. The van der Waals surface area contributed by atoms with E-state index in [9.17, 15) is 19.7 Å². The van der Waals surface area contributed by atoms with Gasteiger partial charge in [0.05, 0.1) is 10.6 Å². The first-order valence-electron chi connectivity index (χ1n) is 10.2. The monoisotopic (exact) mass is 546 g/mol. The predicted octanol–water partition coefficient (Wildman–Crippen LogP) is 5.00. The van der Waals surface area contributed by atoms with E-state index in [1.54, 1.807) is 0 Å². The molecule has 2 fully saturated rings. The number of nitro benzene ring substituents is 1. The van der Waals surface area contributed by atoms with Crippen molar-refractivity contribution in [2.24, 2.45) is 21.3 Å². The van der Waals surface area contributed by atoms with Gasteiger partial charge in [0, 0.05) is 26.8 Å². The number of rotatable bonds is 5. The second-order valence-corrected chi connectivity index (χ2v) is 10.3. The normalized spacial score (nSPS) is 26.9. The van der Waals surface area contributed by atoms with Crippen LogP contribution in [0.3, 0.4) is 0 Å². The van der Waals surface area contributed by atoms with E-state index in [1.807, 2.05) is 45.0 Å². The smallest absolute Gasteiger partial charge is 0.269 e. The molecule has 4 rings (SSSR count). The molecule has 2 saturated carbocycles. The number of hydrogen-bond acceptors (Lipinski definition) is 6. The molecule has 32 heavy (non-hydrogen) atoms. The lowest BCUT2D eigenvalue weighted by molar-refractivity contribution is -0.384. The zero-order valence-electron chi connectivity index (χ0n) is 17.9. The van der Waals surface area contributed by atoms with E-state index >= 15 is 0 Å². The summed E-state index contributed by atoms with van der Waals surface area (Å²) in [5.74, 6) is -0.577. The molecule has 2 N–H and O–H groups in total. The molecule has 0 spiro atoms. The van der Waals surface area contributed by atoms with Gasteiger partial charge in [-0.05, 0) is 77.2 Å². The van der Waals surface area contributed by atoms with Crippen LogP contribution in [0, 0.1) is 29.9 Å². The lowest BCUT2D eigenvalue weighted by atomic mass is 9.64. The third-order valence-electron chi connectivity index (χ3n) is 7.44. The van der Waals surface area contributed by atoms with Crippen LogP contribution in [0.5, 0.6) is 0 Å². The fourth-order valence-corrected chi connectivity index (χ4v) is 5.38. The summed E-state index contributed by atoms with van der Waals surface area (Å²) in [4.78, 5) is 37.5. The van der Waals surface area contributed by atoms with E-state index in [2.05, 4.69) is 38.4 Å². The molecule has 2 aromatic carbocycles. The van der Waals surface area contributed by atoms with Crippen LogP contribution >= 0.6 is 22.6 Å². The van der Waals surface area contributed by atoms with E-state index in [-0.39, 0.29) is 17.4 Å². The number of amides is 1. The van der Waals surface area contributed by atoms with Crippen molar-refractivity contribution in [2.75, 3.05) is 10.7 Å². The lowest BCUT2D eigenvalue weighted by Gasteiger charge is -2.37. The minimum absolute atomic E-state index is 0.0291. The molecule has 8 nitrogen and oxygen atoms in total. The first-order valence-corrected chi connectivity index (χ1v) is 11.3. The number of carbonyl (C=O) groups excluding carboxylic acids is 2. The Morgan fingerprint density at radius 3 is 2.22 bits per heavy atom. The summed E-state index contributed by atoms with van der Waals surface area (Å²) in [6, 6.07) is 13.2. The zero-order valence-corrected chi connectivity index (χ0v) is 20.1. The Labute approximate surface area is 199 Å². The highest BCUT2D eigenvalue weighted by Gasteiger charge is 2.76. The van der Waals surface area contributed by atoms with Crippen molar-refractivity contribution in [3.8, 4) is 0 Å². The fourth-order valence-electron chi connectivity index (χ4n) is 5.02. The number of anilines is 2. The van der Waals surface area contributed by atoms with Crippen molar-refractivity contribution in [3.63, 3.8) is 0 Å². The second-order valence-electron chi connectivity index (χ2n) is 9.03. The summed E-state index contributed by atoms with van der Waals surface area (Å²) in [7, 11) is 0. The minimum atomic E-state index is -1.21. The average molecular weight is 546 g/mol. The number of carbonyl (C=O) groups is 2. The fraction of sp³-hybridized carbons (Fsp3) is 0.348. The number of nitrogens with one attached hydrogen (secondary N) is 2. The Balaban J connectivity index is 1.64. The summed E-state index contributed by atoms with van der Waals surface area (Å²) in [6.45, 7) is 5.90. The van der Waals surface area contributed by atoms with Crippen molar-refractivity contribution in [2.45, 2.75) is 33.6 Å². The van der Waals surface area contributed by atoms with E-state index in [0.29, 0.717) is 29.9 Å². The largest absolute Gasteiger partial charge is 0.325 e. The molecule has 0 heterocycles. The number of Topliss-reactive ketones (excluding diaryl/α,β-unsaturated/α-hetero) is 1. The highest BCUT2D eigenvalue weighted by Crippen LogP contribution is 2.69. The Kier molecular flexibility index (Phi) is 5.35. The average Bonchev–Trinajstić information content (AvgIpc) is 3.03. The molecule has 9 heteroatoms. The number of fused-ring (bicyclic) bond motifs is 2. The molecule has 0 radical (unpaired) electrons. The van der Waals surface area contributed by atoms with Crippen LogP contribution in [0.4, 0.5) is 17.1 Å². The molecule has 2 unspecified atom stereocenters. The highest BCUT2D eigenvalue weighted by atomic mass is 127. The van der Waals surface area contributed by atoms with Gasteiger partial charge in [-0.25, -0.2) is 0 Å². The van der Waals surface area contributed by atoms with Crippen LogP contribution in [0.2, 0.25) is 0 Å². The summed E-state index contributed by atoms with van der Waals surface area (Å²) in [5, 5.41) is 18.2. The Bertz CT molecular complexity index is 1140. The van der Waals surface area contributed by atoms with Crippen LogP contribution in [0.15, 0.2) is 53.6 Å². The Morgan fingerprint density at radius 1 is 1.03 bits per heavy atom. The second kappa shape index (κ2) is 7.65. The highest BCUT2D eigenvalue weighted by molar-refractivity contribution is 14.1. The van der Waals surface area contributed by atoms with Crippen molar-refractivity contribution in [1.29, 1.82) is 0 Å². The van der Waals surface area contributed by atoms with Gasteiger partial charge in [0.2, 0.25) is 5.91 Å². The van der Waals surface area contributed by atoms with Gasteiger partial charge in [-0.3, -0.25) is 25.1 Å². The summed E-state index contributed by atoms with van der Waals surface area (Å²) in [6.07, 6.45) is 1.12. The zero-order chi connectivity index (χ0) is 23.3. The third-order valence-corrected chi connectivity index (χ3v) is 8.16. The van der Waals surface area contributed by atoms with E-state index in [0.717, 1.165) is 3.57 Å². The van der Waals surface area contributed by atoms with Crippen molar-refractivity contribution >= 4 is 57.1 Å². The third kappa shape index (κ3) is 3.13. The van der Waals surface area contributed by atoms with Crippen LogP contribution < -0.4 is 10.7 Å². The maximum Gasteiger partial charge on any atom is 0.269 e. The standard InChI is InChI=1S/C23H23IN4O4/c1-21(2)22(3)12-13-23(21,20(30)25-15-6-4-14(24)5-7-15)19(29)18(22)27-26-16-8-10-17(11-9-16)28(31)32/h4-11,26H,12-13H2,1-3H3,(H,25,30)/b27-18+. The maximum absolute atomic E-state index is 13.6. The molecule has 0 saturated heterocycles. The number of benzene rings is 2. The van der Waals surface area contributed by atoms with Crippen LogP contribution in [0.1, 0.15) is 33.6 Å². The summed E-state index contributed by atoms with van der Waals surface area (Å²) >= 11 is 2.19. The van der Waals surface area contributed by atoms with Crippen molar-refractivity contribution in [3.05, 3.63) is 62.2 Å². The van der Waals surface area contributed by atoms with Gasteiger partial charge in [-0.1, -0.05) is 20.8 Å². The quantitative estimate of drug-likeness (QED) is 0.237. The van der Waals surface area contributed by atoms with Gasteiger partial charge in [-0.2, -0.15) is 5.10 Å². The lowest BCUT2D eigenvalue weighted by Crippen LogP contribution is -2.47. The molecular formula is C23H23IN4O4. The molecule has 1 amide bonds. The van der Waals surface area contributed by atoms with Crippen molar-refractivity contribution < 1.29 is 14.5 Å². The number of halogens is 1. The van der Waals surface area contributed by atoms with Gasteiger partial charge in [0.25, 0.3) is 5.69 Å². The molecule has 2 aromatic rings. The first-order chi connectivity index (χ1) is 15.0. The molecule has 2 aliphatic rings. The van der Waals surface area contributed by atoms with Gasteiger partial charge in [0.15, 0.2) is 5.78 Å². The summed E-state index contributed by atoms with van der Waals surface area (Å²) < 4.78 is 1.05. The van der Waals surface area contributed by atoms with Gasteiger partial charge in [0.1, 0.15) is 11.1 Å². The number of nitro groups is 1. The molecule has 2 aliphatic carbocycles. The van der Waals surface area contributed by atoms with E-state index in [4.69, 9.17) is 0 Å². The predicted molar refractivity (Wildman–Crippen MR) is 131 cm³/mol. The summed E-state index contributed by atoms with van der Waals surface area (Å²) in [5.41, 5.74) is 1.91. The molecule has 0 aromatic heterocycles. The Morgan fingerprint density at radius 2 is 1.62 bits per heavy atom. The van der Waals surface area contributed by atoms with Gasteiger partial charge >= 0.3 is 0 Å². The number of ketones is 1. The van der Waals surface area contributed by atoms with E-state index in [1.165, 1.54) is 24.3 Å². The molecular weight excluding hydrogens is 523 g/mol. The number of non-ortho nitro benzene ring substituents is 1. The number of hydrazone groups is 1. The van der Waals surface area contributed by atoms with Crippen LogP contribution in [-0.2, 0) is 9.59 Å². The van der Waals surface area contributed by atoms with Crippen LogP contribution in [0.25, 0.3) is 0 Å². The topological polar surface area (TPSA) is 114 Å². The SMILES string of the molecule is CC12CCC(C(=O)Nc3ccc(I)cc3)(C(=O)/C1=N\Nc1ccc([N+](=O)[O-])cc1)C2(C)C. The molecule has 2 atom stereocenters. The Hall–Kier alpha value is -2.82. The minimum Gasteiger partial charge on any atom is -0.325 e. The molecule has 2 bridgehead atoms. The number of hydrogen-bond donors (Lipinski definition) is 2. The number of nitrogens with zero attached hydrogens (tertiary/aromatic N) is 2. The maximum atomic E-state index is 13.6. The van der Waals surface area contributed by atoms with Gasteiger partial charge in [-0.15, -0.1) is 0 Å². The van der Waals surface area contributed by atoms with Gasteiger partial charge < -0.3 is 5.32 Å². The molecule has 166 valence electrons.